The van der Waals surface area contributed by atoms with E-state index in [1.807, 2.05) is 0 Å². The molecule has 4 nitrogen and oxygen atoms in total. The summed E-state index contributed by atoms with van der Waals surface area (Å²) in [4.78, 5) is 12.7. The second kappa shape index (κ2) is 4.30. The van der Waals surface area contributed by atoms with Crippen LogP contribution in [-0.4, -0.2) is 44.3 Å². The first-order valence-corrected chi connectivity index (χ1v) is 4.19. The highest BCUT2D eigenvalue weighted by Gasteiger charge is 2.22. The van der Waals surface area contributed by atoms with Gasteiger partial charge in [-0.2, -0.15) is 0 Å². The molecule has 0 aromatic carbocycles. The minimum Gasteiger partial charge on any atom is -0.453 e. The van der Waals surface area contributed by atoms with Gasteiger partial charge in [-0.05, 0) is 12.8 Å². The van der Waals surface area contributed by atoms with Crippen LogP contribution in [-0.2, 0) is 4.74 Å². The third-order valence-corrected chi connectivity index (χ3v) is 2.25. The molecule has 12 heavy (non-hydrogen) atoms. The summed E-state index contributed by atoms with van der Waals surface area (Å²) in [6.07, 6.45) is 1.68. The van der Waals surface area contributed by atoms with Gasteiger partial charge in [0.25, 0.3) is 0 Å². The van der Waals surface area contributed by atoms with Gasteiger partial charge in [-0.1, -0.05) is 0 Å². The third kappa shape index (κ3) is 2.11. The van der Waals surface area contributed by atoms with Crippen molar-refractivity contribution in [2.75, 3.05) is 27.2 Å². The molecule has 1 heterocycles. The van der Waals surface area contributed by atoms with Crippen molar-refractivity contribution in [1.29, 1.82) is 0 Å². The standard InChI is InChI=1S/C8H15N2O2/c1-10(8(11)12-2)7-3-5-9-6-4-7/h7H,3-6H2,1-2H3. The Morgan fingerprint density at radius 1 is 1.50 bits per heavy atom. The molecule has 1 saturated heterocycles. The molecule has 0 aromatic rings. The molecule has 69 valence electrons. The summed E-state index contributed by atoms with van der Waals surface area (Å²) in [5, 5.41) is 4.22. The highest BCUT2D eigenvalue weighted by atomic mass is 16.5. The van der Waals surface area contributed by atoms with Crippen molar-refractivity contribution in [3.8, 4) is 0 Å². The molecule has 1 radical (unpaired) electrons. The van der Waals surface area contributed by atoms with Crippen LogP contribution in [0, 0.1) is 0 Å². The average Bonchev–Trinajstić information content (AvgIpc) is 2.17. The first kappa shape index (κ1) is 9.32. The van der Waals surface area contributed by atoms with E-state index in [9.17, 15) is 4.79 Å². The van der Waals surface area contributed by atoms with Crippen LogP contribution in [0.25, 0.3) is 0 Å². The number of ether oxygens (including phenoxy) is 1. The van der Waals surface area contributed by atoms with Crippen LogP contribution in [0.4, 0.5) is 4.79 Å². The Kier molecular flexibility index (Phi) is 3.34. The molecule has 1 amide bonds. The molecule has 0 N–H and O–H groups in total. The lowest BCUT2D eigenvalue weighted by atomic mass is 10.1. The van der Waals surface area contributed by atoms with E-state index in [1.54, 1.807) is 11.9 Å². The predicted molar refractivity (Wildman–Crippen MR) is 45.1 cm³/mol. The summed E-state index contributed by atoms with van der Waals surface area (Å²) in [5.74, 6) is 0. The molecule has 0 atom stereocenters. The van der Waals surface area contributed by atoms with Crippen LogP contribution < -0.4 is 5.32 Å². The van der Waals surface area contributed by atoms with Gasteiger partial charge in [0.2, 0.25) is 0 Å². The zero-order chi connectivity index (χ0) is 8.97. The highest BCUT2D eigenvalue weighted by molar-refractivity contribution is 5.67. The summed E-state index contributed by atoms with van der Waals surface area (Å²) in [6.45, 7) is 1.73. The number of carbonyl (C=O) groups excluding carboxylic acids is 1. The summed E-state index contributed by atoms with van der Waals surface area (Å²) < 4.78 is 4.62. The van der Waals surface area contributed by atoms with E-state index >= 15 is 0 Å². The maximum absolute atomic E-state index is 11.1. The van der Waals surface area contributed by atoms with Gasteiger partial charge in [0, 0.05) is 26.2 Å². The lowest BCUT2D eigenvalue weighted by Gasteiger charge is -2.29. The lowest BCUT2D eigenvalue weighted by Crippen LogP contribution is -2.42. The second-order valence-electron chi connectivity index (χ2n) is 2.98. The molecule has 0 saturated carbocycles. The van der Waals surface area contributed by atoms with Crippen molar-refractivity contribution in [1.82, 2.24) is 10.2 Å². The Labute approximate surface area is 72.9 Å². The number of piperidine rings is 1. The van der Waals surface area contributed by atoms with E-state index < -0.39 is 0 Å². The van der Waals surface area contributed by atoms with Gasteiger partial charge in [0.05, 0.1) is 7.11 Å². The normalized spacial score (nSPS) is 18.8. The Morgan fingerprint density at radius 2 is 2.08 bits per heavy atom. The third-order valence-electron chi connectivity index (χ3n) is 2.25. The predicted octanol–water partition coefficient (Wildman–Crippen LogP) is 0.451. The number of nitrogens with zero attached hydrogens (tertiary/aromatic N) is 2. The number of rotatable bonds is 1. The Balaban J connectivity index is 2.39. The van der Waals surface area contributed by atoms with E-state index in [1.165, 1.54) is 7.11 Å². The van der Waals surface area contributed by atoms with Gasteiger partial charge >= 0.3 is 6.09 Å². The molecular formula is C8H15N2O2. The zero-order valence-corrected chi connectivity index (χ0v) is 7.62. The fourth-order valence-corrected chi connectivity index (χ4v) is 1.42. The van der Waals surface area contributed by atoms with Gasteiger partial charge in [-0.3, -0.25) is 0 Å². The molecule has 1 rings (SSSR count). The van der Waals surface area contributed by atoms with Crippen molar-refractivity contribution in [2.45, 2.75) is 18.9 Å². The smallest absolute Gasteiger partial charge is 0.409 e. The Morgan fingerprint density at radius 3 is 2.58 bits per heavy atom. The highest BCUT2D eigenvalue weighted by Crippen LogP contribution is 2.10. The molecule has 0 aliphatic carbocycles. The molecular weight excluding hydrogens is 156 g/mol. The Bertz CT molecular complexity index is 155. The molecule has 1 fully saturated rings. The van der Waals surface area contributed by atoms with Gasteiger partial charge in [0.1, 0.15) is 0 Å². The number of carbonyl (C=O) groups is 1. The monoisotopic (exact) mass is 171 g/mol. The topological polar surface area (TPSA) is 43.6 Å². The van der Waals surface area contributed by atoms with Gasteiger partial charge in [-0.25, -0.2) is 10.1 Å². The summed E-state index contributed by atoms with van der Waals surface area (Å²) in [5.41, 5.74) is 0. The van der Waals surface area contributed by atoms with Gasteiger partial charge in [-0.15, -0.1) is 0 Å². The van der Waals surface area contributed by atoms with Crippen molar-refractivity contribution < 1.29 is 9.53 Å². The molecule has 0 aromatic heterocycles. The van der Waals surface area contributed by atoms with Crippen molar-refractivity contribution in [3.05, 3.63) is 0 Å². The quantitative estimate of drug-likeness (QED) is 0.575. The first-order chi connectivity index (χ1) is 5.75. The first-order valence-electron chi connectivity index (χ1n) is 4.19. The van der Waals surface area contributed by atoms with Crippen LogP contribution in [0.2, 0.25) is 0 Å². The number of methoxy groups -OCH3 is 1. The van der Waals surface area contributed by atoms with Crippen LogP contribution in [0.15, 0.2) is 0 Å². The largest absolute Gasteiger partial charge is 0.453 e. The fourth-order valence-electron chi connectivity index (χ4n) is 1.42. The number of amides is 1. The minimum atomic E-state index is -0.248. The van der Waals surface area contributed by atoms with E-state index in [0.717, 1.165) is 25.9 Å². The molecule has 0 spiro atoms. The van der Waals surface area contributed by atoms with Crippen molar-refractivity contribution in [3.63, 3.8) is 0 Å². The van der Waals surface area contributed by atoms with E-state index in [4.69, 9.17) is 0 Å². The number of hydrogen-bond donors (Lipinski definition) is 0. The fraction of sp³-hybridized carbons (Fsp3) is 0.875. The van der Waals surface area contributed by atoms with Gasteiger partial charge in [0.15, 0.2) is 0 Å². The van der Waals surface area contributed by atoms with E-state index in [2.05, 4.69) is 10.1 Å². The summed E-state index contributed by atoms with van der Waals surface area (Å²) in [6, 6.07) is 0.315. The molecule has 1 aliphatic rings. The van der Waals surface area contributed by atoms with E-state index in [0.29, 0.717) is 6.04 Å². The number of hydrogen-bond acceptors (Lipinski definition) is 2. The van der Waals surface area contributed by atoms with Crippen LogP contribution in [0.1, 0.15) is 12.8 Å². The maximum Gasteiger partial charge on any atom is 0.409 e. The van der Waals surface area contributed by atoms with E-state index in [-0.39, 0.29) is 6.09 Å². The van der Waals surface area contributed by atoms with Gasteiger partial charge < -0.3 is 9.64 Å². The average molecular weight is 171 g/mol. The van der Waals surface area contributed by atoms with Crippen LogP contribution in [0.5, 0.6) is 0 Å². The van der Waals surface area contributed by atoms with Crippen molar-refractivity contribution >= 4 is 6.09 Å². The maximum atomic E-state index is 11.1. The zero-order valence-electron chi connectivity index (χ0n) is 7.62. The summed E-state index contributed by atoms with van der Waals surface area (Å²) in [7, 11) is 3.19. The van der Waals surface area contributed by atoms with Crippen LogP contribution in [0.3, 0.4) is 0 Å². The SMILES string of the molecule is COC(=O)N(C)C1CC[N]CC1. The minimum absolute atomic E-state index is 0.248. The van der Waals surface area contributed by atoms with Crippen molar-refractivity contribution in [2.24, 2.45) is 0 Å². The molecule has 1 aliphatic heterocycles. The summed E-state index contributed by atoms with van der Waals surface area (Å²) >= 11 is 0. The van der Waals surface area contributed by atoms with Crippen LogP contribution >= 0.6 is 0 Å². The lowest BCUT2D eigenvalue weighted by molar-refractivity contribution is 0.109. The second-order valence-corrected chi connectivity index (χ2v) is 2.98. The molecule has 4 heteroatoms. The molecule has 0 unspecified atom stereocenters. The molecule has 0 bridgehead atoms. The Hall–Kier alpha value is -0.770.